The normalized spacial score (nSPS) is 14.0. The zero-order valence-electron chi connectivity index (χ0n) is 12.7. The molecule has 2 atom stereocenters. The molecule has 0 amide bonds. The van der Waals surface area contributed by atoms with Gasteiger partial charge in [-0.25, -0.2) is 0 Å². The average molecular weight is 322 g/mol. The molecule has 2 aromatic carbocycles. The van der Waals surface area contributed by atoms with E-state index >= 15 is 0 Å². The van der Waals surface area contributed by atoms with Crippen LogP contribution in [0.25, 0.3) is 0 Å². The smallest absolute Gasteiger partial charge is 0.0468 e. The average Bonchev–Trinajstić information content (AvgIpc) is 2.45. The van der Waals surface area contributed by atoms with Gasteiger partial charge in [0.05, 0.1) is 0 Å². The second kappa shape index (κ2) is 7.31. The molecule has 21 heavy (non-hydrogen) atoms. The van der Waals surface area contributed by atoms with Crippen molar-refractivity contribution in [1.82, 2.24) is 5.32 Å². The number of hydrogen-bond donors (Lipinski definition) is 1. The first kappa shape index (κ1) is 16.4. The van der Waals surface area contributed by atoms with Gasteiger partial charge in [0, 0.05) is 22.1 Å². The molecule has 0 aromatic heterocycles. The number of rotatable bonds is 5. The van der Waals surface area contributed by atoms with E-state index in [0.717, 1.165) is 17.0 Å². The number of benzene rings is 2. The molecule has 1 unspecified atom stereocenters. The Morgan fingerprint density at radius 2 is 1.86 bits per heavy atom. The van der Waals surface area contributed by atoms with Gasteiger partial charge in [-0.05, 0) is 43.5 Å². The van der Waals surface area contributed by atoms with E-state index in [2.05, 4.69) is 50.4 Å². The molecule has 2 aromatic rings. The molecule has 0 spiro atoms. The van der Waals surface area contributed by atoms with Crippen LogP contribution in [0.4, 0.5) is 0 Å². The number of nitrogens with one attached hydrogen (secondary N) is 1. The molecule has 1 N–H and O–H groups in total. The predicted molar refractivity (Wildman–Crippen MR) is 92.2 cm³/mol. The third kappa shape index (κ3) is 4.23. The largest absolute Gasteiger partial charge is 0.303 e. The van der Waals surface area contributed by atoms with Gasteiger partial charge in [0.15, 0.2) is 0 Å². The van der Waals surface area contributed by atoms with Gasteiger partial charge in [-0.15, -0.1) is 0 Å². The molecule has 112 valence electrons. The van der Waals surface area contributed by atoms with Crippen molar-refractivity contribution in [2.45, 2.75) is 39.3 Å². The molecule has 0 bridgehead atoms. The second-order valence-corrected chi connectivity index (χ2v) is 6.27. The van der Waals surface area contributed by atoms with E-state index in [9.17, 15) is 0 Å². The Hall–Kier alpha value is -1.02. The van der Waals surface area contributed by atoms with Crippen molar-refractivity contribution in [3.05, 3.63) is 69.2 Å². The summed E-state index contributed by atoms with van der Waals surface area (Å²) in [6.07, 6.45) is 0.970. The topological polar surface area (TPSA) is 12.0 Å². The lowest BCUT2D eigenvalue weighted by atomic mass is 10.0. The summed E-state index contributed by atoms with van der Waals surface area (Å²) in [5.41, 5.74) is 3.67. The number of aryl methyl sites for hydroxylation is 1. The van der Waals surface area contributed by atoms with E-state index < -0.39 is 0 Å². The lowest BCUT2D eigenvalue weighted by Crippen LogP contribution is -2.24. The molecule has 0 heterocycles. The number of halogens is 2. The first-order valence-electron chi connectivity index (χ1n) is 7.28. The van der Waals surface area contributed by atoms with Crippen LogP contribution in [0.15, 0.2) is 42.5 Å². The van der Waals surface area contributed by atoms with Crippen LogP contribution in [0.2, 0.25) is 10.0 Å². The van der Waals surface area contributed by atoms with Crippen LogP contribution in [0.5, 0.6) is 0 Å². The third-order valence-corrected chi connectivity index (χ3v) is 4.30. The van der Waals surface area contributed by atoms with Crippen molar-refractivity contribution in [2.24, 2.45) is 0 Å². The maximum absolute atomic E-state index is 6.33. The third-order valence-electron chi connectivity index (χ3n) is 3.74. The lowest BCUT2D eigenvalue weighted by Gasteiger charge is -2.24. The quantitative estimate of drug-likeness (QED) is 0.701. The second-order valence-electron chi connectivity index (χ2n) is 5.43. The van der Waals surface area contributed by atoms with Crippen LogP contribution in [-0.4, -0.2) is 0 Å². The van der Waals surface area contributed by atoms with Crippen molar-refractivity contribution in [3.8, 4) is 0 Å². The van der Waals surface area contributed by atoms with E-state index in [1.54, 1.807) is 6.07 Å². The molecule has 0 aliphatic heterocycles. The van der Waals surface area contributed by atoms with Crippen LogP contribution in [0.3, 0.4) is 0 Å². The van der Waals surface area contributed by atoms with Gasteiger partial charge >= 0.3 is 0 Å². The monoisotopic (exact) mass is 321 g/mol. The highest BCUT2D eigenvalue weighted by Crippen LogP contribution is 2.30. The Kier molecular flexibility index (Phi) is 5.69. The highest BCUT2D eigenvalue weighted by atomic mass is 35.5. The maximum atomic E-state index is 6.33. The van der Waals surface area contributed by atoms with Crippen molar-refractivity contribution >= 4 is 23.2 Å². The minimum Gasteiger partial charge on any atom is -0.303 e. The predicted octanol–water partition coefficient (Wildman–Crippen LogP) is 6.10. The SMILES string of the molecule is CCC(N[C@@H](C)c1cccc(C)c1)c1ccc(Cl)cc1Cl. The summed E-state index contributed by atoms with van der Waals surface area (Å²) in [6.45, 7) is 6.45. The fraction of sp³-hybridized carbons (Fsp3) is 0.333. The molecule has 0 saturated heterocycles. The Labute approximate surface area is 137 Å². The van der Waals surface area contributed by atoms with Gasteiger partial charge in [-0.1, -0.05) is 66.0 Å². The minimum absolute atomic E-state index is 0.213. The van der Waals surface area contributed by atoms with Gasteiger partial charge < -0.3 is 5.32 Å². The van der Waals surface area contributed by atoms with Gasteiger partial charge in [-0.3, -0.25) is 0 Å². The lowest BCUT2D eigenvalue weighted by molar-refractivity contribution is 0.456. The van der Waals surface area contributed by atoms with E-state index in [1.165, 1.54) is 11.1 Å². The highest BCUT2D eigenvalue weighted by Gasteiger charge is 2.16. The molecule has 3 heteroatoms. The van der Waals surface area contributed by atoms with Crippen LogP contribution >= 0.6 is 23.2 Å². The fourth-order valence-corrected chi connectivity index (χ4v) is 3.09. The van der Waals surface area contributed by atoms with Crippen molar-refractivity contribution in [1.29, 1.82) is 0 Å². The summed E-state index contributed by atoms with van der Waals surface area (Å²) in [5.74, 6) is 0. The zero-order valence-corrected chi connectivity index (χ0v) is 14.2. The van der Waals surface area contributed by atoms with E-state index in [-0.39, 0.29) is 12.1 Å². The van der Waals surface area contributed by atoms with Crippen LogP contribution in [-0.2, 0) is 0 Å². The summed E-state index contributed by atoms with van der Waals surface area (Å²) in [6, 6.07) is 14.8. The Bertz CT molecular complexity index is 610. The fourth-order valence-electron chi connectivity index (χ4n) is 2.55. The van der Waals surface area contributed by atoms with Crippen molar-refractivity contribution in [3.63, 3.8) is 0 Å². The van der Waals surface area contributed by atoms with Crippen LogP contribution in [0.1, 0.15) is 49.0 Å². The summed E-state index contributed by atoms with van der Waals surface area (Å²) in [7, 11) is 0. The zero-order chi connectivity index (χ0) is 15.4. The van der Waals surface area contributed by atoms with Crippen LogP contribution in [0, 0.1) is 6.92 Å². The molecular formula is C18H21Cl2N. The molecule has 0 saturated carbocycles. The summed E-state index contributed by atoms with van der Waals surface area (Å²) >= 11 is 12.3. The van der Waals surface area contributed by atoms with Gasteiger partial charge in [-0.2, -0.15) is 0 Å². The minimum atomic E-state index is 0.213. The Morgan fingerprint density at radius 3 is 2.48 bits per heavy atom. The summed E-state index contributed by atoms with van der Waals surface area (Å²) in [5, 5.41) is 5.05. The maximum Gasteiger partial charge on any atom is 0.0468 e. The molecule has 0 aliphatic rings. The summed E-state index contributed by atoms with van der Waals surface area (Å²) < 4.78 is 0. The van der Waals surface area contributed by atoms with Gasteiger partial charge in [0.2, 0.25) is 0 Å². The molecule has 2 rings (SSSR count). The van der Waals surface area contributed by atoms with Crippen LogP contribution < -0.4 is 5.32 Å². The highest BCUT2D eigenvalue weighted by molar-refractivity contribution is 6.35. The molecule has 0 fully saturated rings. The van der Waals surface area contributed by atoms with Gasteiger partial charge in [0.1, 0.15) is 0 Å². The molecular weight excluding hydrogens is 301 g/mol. The van der Waals surface area contributed by atoms with Crippen molar-refractivity contribution in [2.75, 3.05) is 0 Å². The molecule has 1 nitrogen and oxygen atoms in total. The molecule has 0 radical (unpaired) electrons. The Morgan fingerprint density at radius 1 is 1.10 bits per heavy atom. The standard InChI is InChI=1S/C18H21Cl2N/c1-4-18(16-9-8-15(19)11-17(16)20)21-13(3)14-7-5-6-12(2)10-14/h5-11,13,18,21H,4H2,1-3H3/t13-,18?/m0/s1. The summed E-state index contributed by atoms with van der Waals surface area (Å²) in [4.78, 5) is 0. The first-order valence-corrected chi connectivity index (χ1v) is 8.04. The number of hydrogen-bond acceptors (Lipinski definition) is 1. The molecule has 0 aliphatic carbocycles. The van der Waals surface area contributed by atoms with Gasteiger partial charge in [0.25, 0.3) is 0 Å². The Balaban J connectivity index is 2.18. The van der Waals surface area contributed by atoms with E-state index in [1.807, 2.05) is 12.1 Å². The van der Waals surface area contributed by atoms with E-state index in [4.69, 9.17) is 23.2 Å². The van der Waals surface area contributed by atoms with Crippen molar-refractivity contribution < 1.29 is 0 Å². The first-order chi connectivity index (χ1) is 10.0. The van der Waals surface area contributed by atoms with E-state index in [0.29, 0.717) is 5.02 Å².